The summed E-state index contributed by atoms with van der Waals surface area (Å²) in [7, 11) is 1.57. The van der Waals surface area contributed by atoms with Crippen molar-refractivity contribution in [3.8, 4) is 17.3 Å². The molecule has 0 aliphatic heterocycles. The number of aryl methyl sites for hydroxylation is 1. The summed E-state index contributed by atoms with van der Waals surface area (Å²) in [5.41, 5.74) is 2.29. The largest absolute Gasteiger partial charge is 0.330 e. The molecule has 0 bridgehead atoms. The highest BCUT2D eigenvalue weighted by Crippen LogP contribution is 2.49. The zero-order valence-electron chi connectivity index (χ0n) is 13.4. The minimum atomic E-state index is -2.68. The van der Waals surface area contributed by atoms with Crippen LogP contribution in [0.25, 0.3) is 22.4 Å². The van der Waals surface area contributed by atoms with Crippen LogP contribution in [0.3, 0.4) is 0 Å². The number of hydrogen-bond donors (Lipinski definition) is 0. The number of pyridine rings is 1. The predicted molar refractivity (Wildman–Crippen MR) is 88.2 cm³/mol. The lowest BCUT2D eigenvalue weighted by Crippen LogP contribution is -2.23. The first-order valence-corrected chi connectivity index (χ1v) is 7.86. The van der Waals surface area contributed by atoms with Crippen molar-refractivity contribution < 1.29 is 8.78 Å². The van der Waals surface area contributed by atoms with Crippen LogP contribution in [0.2, 0.25) is 0 Å². The molecule has 0 saturated heterocycles. The van der Waals surface area contributed by atoms with Crippen LogP contribution in [-0.2, 0) is 13.6 Å². The number of halogens is 2. The van der Waals surface area contributed by atoms with E-state index in [1.165, 1.54) is 9.13 Å². The monoisotopic (exact) mass is 340 g/mol. The Morgan fingerprint density at radius 2 is 2.04 bits per heavy atom. The van der Waals surface area contributed by atoms with Gasteiger partial charge in [0.05, 0.1) is 22.8 Å². The second-order valence-electron chi connectivity index (χ2n) is 6.31. The lowest BCUT2D eigenvalue weighted by molar-refractivity contribution is 0.0951. The molecule has 5 nitrogen and oxygen atoms in total. The molecule has 4 rings (SSSR count). The van der Waals surface area contributed by atoms with Gasteiger partial charge in [-0.15, -0.1) is 0 Å². The summed E-state index contributed by atoms with van der Waals surface area (Å²) in [4.78, 5) is 16.9. The third kappa shape index (κ3) is 2.41. The first kappa shape index (κ1) is 15.5. The van der Waals surface area contributed by atoms with Crippen molar-refractivity contribution in [3.05, 3.63) is 52.4 Å². The Hall–Kier alpha value is -3.01. The van der Waals surface area contributed by atoms with Gasteiger partial charge in [-0.05, 0) is 18.2 Å². The molecule has 3 aromatic rings. The standard InChI is InChI=1S/C18H14F2N4O/c1-23-16-15(24(17(23)25)10-12-8-18(12,19)20)7-6-14(22-16)13-5-3-2-4-11(13)9-21/h2-7,12H,8,10H2,1H3. The van der Waals surface area contributed by atoms with Crippen molar-refractivity contribution >= 4 is 11.2 Å². The Morgan fingerprint density at radius 3 is 2.72 bits per heavy atom. The first-order chi connectivity index (χ1) is 11.9. The molecular weight excluding hydrogens is 326 g/mol. The van der Waals surface area contributed by atoms with Crippen LogP contribution in [0.5, 0.6) is 0 Å². The molecule has 126 valence electrons. The van der Waals surface area contributed by atoms with Gasteiger partial charge in [-0.2, -0.15) is 5.26 Å². The van der Waals surface area contributed by atoms with Crippen molar-refractivity contribution in [2.75, 3.05) is 0 Å². The maximum atomic E-state index is 13.2. The van der Waals surface area contributed by atoms with E-state index in [1.54, 1.807) is 43.4 Å². The van der Waals surface area contributed by atoms with E-state index < -0.39 is 11.8 Å². The fraction of sp³-hybridized carbons (Fsp3) is 0.278. The van der Waals surface area contributed by atoms with E-state index in [0.717, 1.165) is 0 Å². The molecule has 2 heterocycles. The number of nitriles is 1. The minimum absolute atomic E-state index is 0.0149. The molecule has 1 unspecified atom stereocenters. The average molecular weight is 340 g/mol. The van der Waals surface area contributed by atoms with E-state index in [-0.39, 0.29) is 18.7 Å². The van der Waals surface area contributed by atoms with Crippen LogP contribution < -0.4 is 5.69 Å². The Bertz CT molecular complexity index is 1090. The van der Waals surface area contributed by atoms with E-state index >= 15 is 0 Å². The summed E-state index contributed by atoms with van der Waals surface area (Å²) in [6.45, 7) is -0.0149. The molecule has 2 aromatic heterocycles. The first-order valence-electron chi connectivity index (χ1n) is 7.86. The molecule has 0 amide bonds. The van der Waals surface area contributed by atoms with Gasteiger partial charge in [-0.1, -0.05) is 18.2 Å². The number of benzene rings is 1. The van der Waals surface area contributed by atoms with E-state index in [9.17, 15) is 18.8 Å². The van der Waals surface area contributed by atoms with Gasteiger partial charge in [0.25, 0.3) is 5.92 Å². The normalized spacial score (nSPS) is 18.2. The molecule has 1 saturated carbocycles. The highest BCUT2D eigenvalue weighted by atomic mass is 19.3. The fourth-order valence-electron chi connectivity index (χ4n) is 3.09. The number of nitrogens with zero attached hydrogens (tertiary/aromatic N) is 4. The van der Waals surface area contributed by atoms with E-state index in [4.69, 9.17) is 0 Å². The Labute approximate surface area is 141 Å². The van der Waals surface area contributed by atoms with Gasteiger partial charge in [0.2, 0.25) is 0 Å². The van der Waals surface area contributed by atoms with Gasteiger partial charge >= 0.3 is 5.69 Å². The van der Waals surface area contributed by atoms with E-state index in [1.807, 2.05) is 0 Å². The highest BCUT2D eigenvalue weighted by molar-refractivity contribution is 5.78. The molecule has 0 spiro atoms. The average Bonchev–Trinajstić information content (AvgIpc) is 3.16. The lowest BCUT2D eigenvalue weighted by atomic mass is 10.1. The molecule has 0 radical (unpaired) electrons. The second-order valence-corrected chi connectivity index (χ2v) is 6.31. The van der Waals surface area contributed by atoms with Crippen LogP contribution in [0.4, 0.5) is 8.78 Å². The minimum Gasteiger partial charge on any atom is -0.290 e. The molecular formula is C18H14F2N4O. The lowest BCUT2D eigenvalue weighted by Gasteiger charge is -2.05. The SMILES string of the molecule is Cn1c(=O)n(CC2CC2(F)F)c2ccc(-c3ccccc3C#N)nc21. The van der Waals surface area contributed by atoms with Crippen molar-refractivity contribution in [1.29, 1.82) is 5.26 Å². The van der Waals surface area contributed by atoms with Gasteiger partial charge < -0.3 is 0 Å². The summed E-state index contributed by atoms with van der Waals surface area (Å²) in [6.07, 6.45) is -0.184. The zero-order chi connectivity index (χ0) is 17.8. The molecule has 0 N–H and O–H groups in total. The van der Waals surface area contributed by atoms with Crippen LogP contribution in [0.15, 0.2) is 41.2 Å². The topological polar surface area (TPSA) is 63.6 Å². The van der Waals surface area contributed by atoms with Crippen LogP contribution >= 0.6 is 0 Å². The van der Waals surface area contributed by atoms with E-state index in [2.05, 4.69) is 11.1 Å². The number of hydrogen-bond acceptors (Lipinski definition) is 3. The zero-order valence-corrected chi connectivity index (χ0v) is 13.4. The van der Waals surface area contributed by atoms with Gasteiger partial charge in [-0.3, -0.25) is 9.13 Å². The molecule has 1 aliphatic rings. The van der Waals surface area contributed by atoms with Crippen molar-refractivity contribution in [1.82, 2.24) is 14.1 Å². The smallest absolute Gasteiger partial charge is 0.290 e. The Balaban J connectivity index is 1.84. The Morgan fingerprint density at radius 1 is 1.32 bits per heavy atom. The summed E-state index contributed by atoms with van der Waals surface area (Å²) >= 11 is 0. The highest BCUT2D eigenvalue weighted by Gasteiger charge is 2.57. The molecule has 1 fully saturated rings. The molecule has 1 aromatic carbocycles. The molecule has 7 heteroatoms. The maximum absolute atomic E-state index is 13.2. The Kier molecular flexibility index (Phi) is 3.25. The van der Waals surface area contributed by atoms with Crippen molar-refractivity contribution in [3.63, 3.8) is 0 Å². The van der Waals surface area contributed by atoms with Gasteiger partial charge in [-0.25, -0.2) is 18.6 Å². The van der Waals surface area contributed by atoms with Gasteiger partial charge in [0.15, 0.2) is 5.65 Å². The quantitative estimate of drug-likeness (QED) is 0.736. The van der Waals surface area contributed by atoms with Crippen LogP contribution in [-0.4, -0.2) is 20.0 Å². The van der Waals surface area contributed by atoms with Crippen LogP contribution in [0.1, 0.15) is 12.0 Å². The maximum Gasteiger partial charge on any atom is 0.330 e. The predicted octanol–water partition coefficient (Wildman–Crippen LogP) is 2.93. The molecule has 1 aliphatic carbocycles. The number of alkyl halides is 2. The summed E-state index contributed by atoms with van der Waals surface area (Å²) in [5, 5.41) is 9.24. The third-order valence-electron chi connectivity index (χ3n) is 4.66. The van der Waals surface area contributed by atoms with Crippen molar-refractivity contribution in [2.45, 2.75) is 18.9 Å². The van der Waals surface area contributed by atoms with Gasteiger partial charge in [0, 0.05) is 31.5 Å². The third-order valence-corrected chi connectivity index (χ3v) is 4.66. The molecule has 25 heavy (non-hydrogen) atoms. The van der Waals surface area contributed by atoms with Crippen molar-refractivity contribution in [2.24, 2.45) is 13.0 Å². The van der Waals surface area contributed by atoms with E-state index in [0.29, 0.717) is 28.0 Å². The number of imidazole rings is 1. The summed E-state index contributed by atoms with van der Waals surface area (Å²) in [5.74, 6) is -3.48. The number of rotatable bonds is 3. The second kappa shape index (κ2) is 5.24. The molecule has 1 atom stereocenters. The number of fused-ring (bicyclic) bond motifs is 1. The summed E-state index contributed by atoms with van der Waals surface area (Å²) in [6, 6.07) is 12.6. The number of aromatic nitrogens is 3. The fourth-order valence-corrected chi connectivity index (χ4v) is 3.09. The van der Waals surface area contributed by atoms with Gasteiger partial charge in [0.1, 0.15) is 0 Å². The van der Waals surface area contributed by atoms with Crippen LogP contribution in [0, 0.1) is 17.2 Å². The summed E-state index contributed by atoms with van der Waals surface area (Å²) < 4.78 is 29.2.